The number of allylic oxidation sites excluding steroid dienone is 1. The number of benzene rings is 3. The molecule has 0 fully saturated rings. The molecule has 5 rings (SSSR count). The lowest BCUT2D eigenvalue weighted by atomic mass is 9.95. The van der Waals surface area contributed by atoms with Gasteiger partial charge in [-0.1, -0.05) is 47.2 Å². The summed E-state index contributed by atoms with van der Waals surface area (Å²) in [6.45, 7) is 3.39. The molecular formula is C34H27BrClF3N2O7S. The predicted octanol–water partition coefficient (Wildman–Crippen LogP) is 6.52. The fourth-order valence-electron chi connectivity index (χ4n) is 5.02. The highest BCUT2D eigenvalue weighted by atomic mass is 79.9. The Morgan fingerprint density at radius 3 is 2.29 bits per heavy atom. The highest BCUT2D eigenvalue weighted by Gasteiger charge is 2.45. The third kappa shape index (κ3) is 7.76. The van der Waals surface area contributed by atoms with Crippen LogP contribution in [0.5, 0.6) is 11.5 Å². The Bertz CT molecular complexity index is 2110. The summed E-state index contributed by atoms with van der Waals surface area (Å²) in [7, 11) is 1.43. The zero-order chi connectivity index (χ0) is 35.5. The van der Waals surface area contributed by atoms with E-state index in [0.717, 1.165) is 21.5 Å². The number of esters is 2. The van der Waals surface area contributed by atoms with Crippen LogP contribution in [0, 0.1) is 0 Å². The number of methoxy groups -OCH3 is 1. The van der Waals surface area contributed by atoms with E-state index >= 15 is 0 Å². The number of rotatable bonds is 10. The van der Waals surface area contributed by atoms with Gasteiger partial charge in [0.15, 0.2) is 22.0 Å². The number of hydrogen-bond donors (Lipinski definition) is 0. The Kier molecular flexibility index (Phi) is 11.0. The lowest BCUT2D eigenvalue weighted by Gasteiger charge is -2.26. The Balaban J connectivity index is 1.55. The van der Waals surface area contributed by atoms with Crippen LogP contribution < -0.4 is 24.4 Å². The van der Waals surface area contributed by atoms with Crippen molar-refractivity contribution in [3.8, 4) is 11.5 Å². The largest absolute Gasteiger partial charge is 0.493 e. The van der Waals surface area contributed by atoms with Gasteiger partial charge in [0.25, 0.3) is 5.56 Å². The lowest BCUT2D eigenvalue weighted by Crippen LogP contribution is -2.41. The van der Waals surface area contributed by atoms with Crippen LogP contribution in [0.25, 0.3) is 6.08 Å². The number of hydrogen-bond acceptors (Lipinski definition) is 9. The van der Waals surface area contributed by atoms with E-state index < -0.39 is 41.0 Å². The van der Waals surface area contributed by atoms with Crippen molar-refractivity contribution in [3.05, 3.63) is 123 Å². The first kappa shape index (κ1) is 35.9. The summed E-state index contributed by atoms with van der Waals surface area (Å²) in [4.78, 5) is 42.4. The second-order valence-electron chi connectivity index (χ2n) is 10.4. The monoisotopic (exact) mass is 778 g/mol. The number of carbonyl (C=O) groups excluding carboxylic acids is 2. The molecule has 9 nitrogen and oxygen atoms in total. The molecule has 4 aromatic rings. The van der Waals surface area contributed by atoms with Gasteiger partial charge < -0.3 is 18.9 Å². The Morgan fingerprint density at radius 1 is 1.02 bits per heavy atom. The first-order chi connectivity index (χ1) is 23.4. The van der Waals surface area contributed by atoms with E-state index in [1.807, 2.05) is 0 Å². The van der Waals surface area contributed by atoms with E-state index in [1.54, 1.807) is 43.3 Å². The molecule has 0 saturated heterocycles. The van der Waals surface area contributed by atoms with Gasteiger partial charge in [-0.2, -0.15) is 13.2 Å². The number of alkyl halides is 3. The van der Waals surface area contributed by atoms with Crippen LogP contribution in [-0.4, -0.2) is 43.0 Å². The average Bonchev–Trinajstić information content (AvgIpc) is 3.37. The van der Waals surface area contributed by atoms with Crippen molar-refractivity contribution in [2.24, 2.45) is 4.99 Å². The fourth-order valence-corrected chi connectivity index (χ4v) is 6.72. The second kappa shape index (κ2) is 15.0. The zero-order valence-electron chi connectivity index (χ0n) is 26.1. The molecule has 0 spiro atoms. The summed E-state index contributed by atoms with van der Waals surface area (Å²) in [5, 5.41) is 0.313. The molecular weight excluding hydrogens is 753 g/mol. The molecule has 3 aromatic carbocycles. The lowest BCUT2D eigenvalue weighted by molar-refractivity contribution is -0.140. The van der Waals surface area contributed by atoms with Gasteiger partial charge in [0, 0.05) is 5.02 Å². The number of thiazole rings is 1. The van der Waals surface area contributed by atoms with E-state index in [4.69, 9.17) is 30.5 Å². The first-order valence-corrected chi connectivity index (χ1v) is 16.7. The van der Waals surface area contributed by atoms with Crippen LogP contribution in [0.2, 0.25) is 5.02 Å². The number of nitrogens with zero attached hydrogens (tertiary/aromatic N) is 2. The van der Waals surface area contributed by atoms with Crippen molar-refractivity contribution in [1.29, 1.82) is 0 Å². The van der Waals surface area contributed by atoms with E-state index in [2.05, 4.69) is 20.9 Å². The quantitative estimate of drug-likeness (QED) is 0.169. The molecule has 1 aliphatic heterocycles. The van der Waals surface area contributed by atoms with E-state index in [-0.39, 0.29) is 34.7 Å². The summed E-state index contributed by atoms with van der Waals surface area (Å²) in [6.07, 6.45) is -3.55. The number of fused-ring (bicyclic) bond motifs is 1. The maximum Gasteiger partial charge on any atom is 0.434 e. The molecule has 0 unspecified atom stereocenters. The molecule has 0 bridgehead atoms. The van der Waals surface area contributed by atoms with Gasteiger partial charge >= 0.3 is 18.1 Å². The molecule has 1 aliphatic rings. The Hall–Kier alpha value is -4.40. The smallest absolute Gasteiger partial charge is 0.434 e. The van der Waals surface area contributed by atoms with Gasteiger partial charge in [0.05, 0.1) is 46.5 Å². The second-order valence-corrected chi connectivity index (χ2v) is 12.7. The topological polar surface area (TPSA) is 105 Å². The third-order valence-corrected chi connectivity index (χ3v) is 9.00. The molecule has 15 heteroatoms. The van der Waals surface area contributed by atoms with Crippen molar-refractivity contribution in [2.45, 2.75) is 32.7 Å². The minimum absolute atomic E-state index is 0.0497. The van der Waals surface area contributed by atoms with Crippen LogP contribution >= 0.6 is 38.9 Å². The van der Waals surface area contributed by atoms with Gasteiger partial charge in [-0.3, -0.25) is 9.36 Å². The van der Waals surface area contributed by atoms with Crippen molar-refractivity contribution >= 4 is 56.9 Å². The zero-order valence-corrected chi connectivity index (χ0v) is 29.3. The van der Waals surface area contributed by atoms with Gasteiger partial charge in [0.2, 0.25) is 0 Å². The highest BCUT2D eigenvalue weighted by molar-refractivity contribution is 9.10. The molecule has 0 N–H and O–H groups in total. The highest BCUT2D eigenvalue weighted by Crippen LogP contribution is 2.39. The van der Waals surface area contributed by atoms with Gasteiger partial charge in [0.1, 0.15) is 6.61 Å². The maximum absolute atomic E-state index is 14.4. The molecule has 0 radical (unpaired) electrons. The molecule has 256 valence electrons. The van der Waals surface area contributed by atoms with Gasteiger partial charge in [-0.25, -0.2) is 14.6 Å². The normalized spacial score (nSPS) is 14.6. The summed E-state index contributed by atoms with van der Waals surface area (Å²) >= 11 is 10.3. The standard InChI is InChI=1S/C34H27BrClF3N2O7S/c1-4-46-31(43)21-8-6-18(7-9-21)17-48-28-23(35)14-19(15-24(28)45-3)16-25-30(42)41-27(20-10-12-22(36)13-11-20)26(32(44)47-5-2)29(34(37,38)39)40-33(41)49-25/h6-16,27H,4-5,17H2,1-3H3/b25-16-/t27-/m1/s1. The summed E-state index contributed by atoms with van der Waals surface area (Å²) in [5.41, 5.74) is -1.08. The minimum Gasteiger partial charge on any atom is -0.493 e. The minimum atomic E-state index is -5.03. The van der Waals surface area contributed by atoms with Gasteiger partial charge in [-0.05, 0) is 88.9 Å². The number of halogens is 5. The molecule has 0 saturated carbocycles. The van der Waals surface area contributed by atoms with Crippen molar-refractivity contribution < 1.29 is 41.7 Å². The molecule has 2 heterocycles. The number of carbonyl (C=O) groups is 2. The predicted molar refractivity (Wildman–Crippen MR) is 180 cm³/mol. The van der Waals surface area contributed by atoms with Crippen molar-refractivity contribution in [3.63, 3.8) is 0 Å². The van der Waals surface area contributed by atoms with E-state index in [9.17, 15) is 27.6 Å². The Morgan fingerprint density at radius 2 is 1.67 bits per heavy atom. The SMILES string of the molecule is CCOC(=O)C1=C(C(F)(F)F)N=c2s/c(=C\c3cc(Br)c(OCc4ccc(C(=O)OCC)cc4)c(OC)c3)c(=O)n2[C@@H]1c1ccc(Cl)cc1. The van der Waals surface area contributed by atoms with Crippen LogP contribution in [0.15, 0.2) is 86.2 Å². The van der Waals surface area contributed by atoms with Crippen molar-refractivity contribution in [1.82, 2.24) is 4.57 Å². The van der Waals surface area contributed by atoms with E-state index in [0.29, 0.717) is 32.1 Å². The average molecular weight is 780 g/mol. The van der Waals surface area contributed by atoms with E-state index in [1.165, 1.54) is 44.4 Å². The van der Waals surface area contributed by atoms with Crippen LogP contribution in [0.1, 0.15) is 46.9 Å². The number of ether oxygens (including phenoxy) is 4. The third-order valence-electron chi connectivity index (χ3n) is 7.18. The number of aromatic nitrogens is 1. The summed E-state index contributed by atoms with van der Waals surface area (Å²) < 4.78 is 66.3. The molecule has 1 aromatic heterocycles. The molecule has 0 aliphatic carbocycles. The molecule has 0 amide bonds. The summed E-state index contributed by atoms with van der Waals surface area (Å²) in [6, 6.07) is 14.3. The fraction of sp³-hybridized carbons (Fsp3) is 0.235. The summed E-state index contributed by atoms with van der Waals surface area (Å²) in [5.74, 6) is -1.01. The molecule has 1 atom stereocenters. The van der Waals surface area contributed by atoms with Crippen LogP contribution in [0.4, 0.5) is 13.2 Å². The van der Waals surface area contributed by atoms with Gasteiger partial charge in [-0.15, -0.1) is 0 Å². The Labute approximate surface area is 295 Å². The van der Waals surface area contributed by atoms with Crippen molar-refractivity contribution in [2.75, 3.05) is 20.3 Å². The van der Waals surface area contributed by atoms with Crippen LogP contribution in [-0.2, 0) is 20.9 Å². The molecule has 49 heavy (non-hydrogen) atoms. The first-order valence-electron chi connectivity index (χ1n) is 14.7. The van der Waals surface area contributed by atoms with Crippen LogP contribution in [0.3, 0.4) is 0 Å². The maximum atomic E-state index is 14.4.